The number of amides is 1. The van der Waals surface area contributed by atoms with Crippen LogP contribution >= 0.6 is 11.6 Å². The lowest BCUT2D eigenvalue weighted by atomic mass is 9.99. The maximum absolute atomic E-state index is 13.4. The third-order valence-electron chi connectivity index (χ3n) is 3.33. The fourth-order valence-electron chi connectivity index (χ4n) is 2.29. The molecule has 0 bridgehead atoms. The number of nitrogens with one attached hydrogen (secondary N) is 1. The first kappa shape index (κ1) is 13.1. The lowest BCUT2D eigenvalue weighted by Gasteiger charge is -2.13. The van der Waals surface area contributed by atoms with E-state index in [0.29, 0.717) is 17.5 Å². The van der Waals surface area contributed by atoms with Crippen molar-refractivity contribution in [3.63, 3.8) is 0 Å². The van der Waals surface area contributed by atoms with Gasteiger partial charge in [0.25, 0.3) is 0 Å². The van der Waals surface area contributed by atoms with Gasteiger partial charge in [0, 0.05) is 5.69 Å². The number of hydrogen-bond acceptors (Lipinski definition) is 2. The number of benzene rings is 2. The number of fused-ring (bicyclic) bond motifs is 1. The largest absolute Gasteiger partial charge is 0.384 e. The highest BCUT2D eigenvalue weighted by Gasteiger charge is 2.20. The van der Waals surface area contributed by atoms with E-state index in [0.717, 1.165) is 11.3 Å². The lowest BCUT2D eigenvalue weighted by Crippen LogP contribution is -2.03. The standard InChI is InChI=1S/C15H11ClFNO2/c16-11-3-1-9(6-12(11)17)15(20)8-2-4-13-10(5-8)7-14(19)18-13/h1-6,15,20H,7H2,(H,18,19). The molecule has 2 aromatic carbocycles. The van der Waals surface area contributed by atoms with Gasteiger partial charge in [0.05, 0.1) is 11.4 Å². The van der Waals surface area contributed by atoms with Crippen LogP contribution in [0.15, 0.2) is 36.4 Å². The molecule has 2 N–H and O–H groups in total. The van der Waals surface area contributed by atoms with Crippen molar-refractivity contribution in [3.8, 4) is 0 Å². The van der Waals surface area contributed by atoms with Crippen molar-refractivity contribution in [1.29, 1.82) is 0 Å². The highest BCUT2D eigenvalue weighted by molar-refractivity contribution is 6.30. The van der Waals surface area contributed by atoms with E-state index in [1.165, 1.54) is 12.1 Å². The van der Waals surface area contributed by atoms with Crippen LogP contribution in [-0.4, -0.2) is 11.0 Å². The molecule has 2 aromatic rings. The van der Waals surface area contributed by atoms with E-state index in [1.807, 2.05) is 0 Å². The summed E-state index contributed by atoms with van der Waals surface area (Å²) in [4.78, 5) is 11.3. The molecule has 3 rings (SSSR count). The molecule has 0 saturated carbocycles. The van der Waals surface area contributed by atoms with Crippen molar-refractivity contribution < 1.29 is 14.3 Å². The van der Waals surface area contributed by atoms with Crippen LogP contribution in [0.4, 0.5) is 10.1 Å². The van der Waals surface area contributed by atoms with E-state index in [1.54, 1.807) is 24.3 Å². The monoisotopic (exact) mass is 291 g/mol. The first-order valence-corrected chi connectivity index (χ1v) is 6.48. The van der Waals surface area contributed by atoms with Crippen LogP contribution < -0.4 is 5.32 Å². The molecule has 1 heterocycles. The van der Waals surface area contributed by atoms with Crippen molar-refractivity contribution in [2.24, 2.45) is 0 Å². The van der Waals surface area contributed by atoms with Gasteiger partial charge in [-0.05, 0) is 34.9 Å². The molecule has 1 aliphatic rings. The molecule has 20 heavy (non-hydrogen) atoms. The zero-order chi connectivity index (χ0) is 14.3. The van der Waals surface area contributed by atoms with Gasteiger partial charge in [-0.1, -0.05) is 29.8 Å². The number of anilines is 1. The van der Waals surface area contributed by atoms with Gasteiger partial charge in [-0.15, -0.1) is 0 Å². The molecule has 1 aliphatic heterocycles. The second kappa shape index (κ2) is 4.89. The molecule has 0 saturated heterocycles. The molecule has 102 valence electrons. The summed E-state index contributed by atoms with van der Waals surface area (Å²) in [6, 6.07) is 9.40. The normalized spacial score (nSPS) is 14.8. The summed E-state index contributed by atoms with van der Waals surface area (Å²) < 4.78 is 13.4. The van der Waals surface area contributed by atoms with E-state index in [9.17, 15) is 14.3 Å². The van der Waals surface area contributed by atoms with Gasteiger partial charge in [0.2, 0.25) is 5.91 Å². The summed E-state index contributed by atoms with van der Waals surface area (Å²) in [5, 5.41) is 13.0. The second-order valence-electron chi connectivity index (χ2n) is 4.72. The van der Waals surface area contributed by atoms with Crippen LogP contribution in [0.1, 0.15) is 22.8 Å². The summed E-state index contributed by atoms with van der Waals surface area (Å²) in [5.41, 5.74) is 2.63. The smallest absolute Gasteiger partial charge is 0.228 e. The van der Waals surface area contributed by atoms with E-state index >= 15 is 0 Å². The minimum absolute atomic E-state index is 0.0182. The maximum Gasteiger partial charge on any atom is 0.228 e. The first-order chi connectivity index (χ1) is 9.54. The van der Waals surface area contributed by atoms with Crippen LogP contribution in [0.25, 0.3) is 0 Å². The highest BCUT2D eigenvalue weighted by atomic mass is 35.5. The fraction of sp³-hybridized carbons (Fsp3) is 0.133. The number of aliphatic hydroxyl groups is 1. The van der Waals surface area contributed by atoms with Gasteiger partial charge in [0.15, 0.2) is 0 Å². The van der Waals surface area contributed by atoms with Crippen molar-refractivity contribution in [2.75, 3.05) is 5.32 Å². The van der Waals surface area contributed by atoms with E-state index < -0.39 is 11.9 Å². The molecule has 3 nitrogen and oxygen atoms in total. The highest BCUT2D eigenvalue weighted by Crippen LogP contribution is 2.30. The molecule has 1 atom stereocenters. The van der Waals surface area contributed by atoms with E-state index in [-0.39, 0.29) is 10.9 Å². The summed E-state index contributed by atoms with van der Waals surface area (Å²) in [6.07, 6.45) is -0.659. The molecule has 0 aliphatic carbocycles. The molecular weight excluding hydrogens is 281 g/mol. The molecule has 0 spiro atoms. The Kier molecular flexibility index (Phi) is 3.20. The topological polar surface area (TPSA) is 49.3 Å². The Morgan fingerprint density at radius 2 is 1.90 bits per heavy atom. The molecule has 0 aromatic heterocycles. The summed E-state index contributed by atoms with van der Waals surface area (Å²) in [5.74, 6) is -0.634. The molecule has 1 unspecified atom stereocenters. The average Bonchev–Trinajstić information content (AvgIpc) is 2.80. The number of hydrogen-bond donors (Lipinski definition) is 2. The average molecular weight is 292 g/mol. The summed E-state index contributed by atoms with van der Waals surface area (Å²) >= 11 is 5.62. The Hall–Kier alpha value is -1.91. The Morgan fingerprint density at radius 3 is 2.65 bits per heavy atom. The maximum atomic E-state index is 13.4. The van der Waals surface area contributed by atoms with E-state index in [2.05, 4.69) is 5.32 Å². The third kappa shape index (κ3) is 2.28. The van der Waals surface area contributed by atoms with Crippen LogP contribution in [-0.2, 0) is 11.2 Å². The third-order valence-corrected chi connectivity index (χ3v) is 3.64. The van der Waals surface area contributed by atoms with Crippen molar-refractivity contribution in [2.45, 2.75) is 12.5 Å². The second-order valence-corrected chi connectivity index (χ2v) is 5.12. The number of carbonyl (C=O) groups excluding carboxylic acids is 1. The quantitative estimate of drug-likeness (QED) is 0.893. The number of carbonyl (C=O) groups is 1. The summed E-state index contributed by atoms with van der Waals surface area (Å²) in [7, 11) is 0. The Bertz CT molecular complexity index is 702. The van der Waals surface area contributed by atoms with Crippen molar-refractivity contribution >= 4 is 23.2 Å². The summed E-state index contributed by atoms with van der Waals surface area (Å²) in [6.45, 7) is 0. The number of rotatable bonds is 2. The van der Waals surface area contributed by atoms with Crippen LogP contribution in [0.3, 0.4) is 0 Å². The van der Waals surface area contributed by atoms with Crippen LogP contribution in [0.2, 0.25) is 5.02 Å². The van der Waals surface area contributed by atoms with Crippen molar-refractivity contribution in [3.05, 3.63) is 63.9 Å². The van der Waals surface area contributed by atoms with Crippen LogP contribution in [0, 0.1) is 5.82 Å². The van der Waals surface area contributed by atoms with E-state index in [4.69, 9.17) is 11.6 Å². The minimum Gasteiger partial charge on any atom is -0.384 e. The zero-order valence-electron chi connectivity index (χ0n) is 10.4. The van der Waals surface area contributed by atoms with Gasteiger partial charge in [-0.25, -0.2) is 4.39 Å². The Morgan fingerprint density at radius 1 is 1.20 bits per heavy atom. The van der Waals surface area contributed by atoms with Crippen LogP contribution in [0.5, 0.6) is 0 Å². The first-order valence-electron chi connectivity index (χ1n) is 6.10. The Labute approximate surface area is 120 Å². The predicted octanol–water partition coefficient (Wildman–Crippen LogP) is 3.06. The lowest BCUT2D eigenvalue weighted by molar-refractivity contribution is -0.115. The molecular formula is C15H11ClFNO2. The van der Waals surface area contributed by atoms with Crippen molar-refractivity contribution in [1.82, 2.24) is 0 Å². The number of halogens is 2. The molecule has 1 amide bonds. The SMILES string of the molecule is O=C1Cc2cc(C(O)c3ccc(Cl)c(F)c3)ccc2N1. The molecule has 0 fully saturated rings. The number of aliphatic hydroxyl groups excluding tert-OH is 1. The molecule has 0 radical (unpaired) electrons. The Balaban J connectivity index is 1.94. The van der Waals surface area contributed by atoms with Gasteiger partial charge in [-0.2, -0.15) is 0 Å². The van der Waals surface area contributed by atoms with Gasteiger partial charge >= 0.3 is 0 Å². The fourth-order valence-corrected chi connectivity index (χ4v) is 2.41. The van der Waals surface area contributed by atoms with Gasteiger partial charge in [-0.3, -0.25) is 4.79 Å². The van der Waals surface area contributed by atoms with Gasteiger partial charge in [0.1, 0.15) is 11.9 Å². The molecule has 5 heteroatoms. The van der Waals surface area contributed by atoms with Gasteiger partial charge < -0.3 is 10.4 Å². The minimum atomic E-state index is -0.956. The predicted molar refractivity (Wildman–Crippen MR) is 74.2 cm³/mol. The zero-order valence-corrected chi connectivity index (χ0v) is 11.1.